The summed E-state index contributed by atoms with van der Waals surface area (Å²) in [4.78, 5) is 11.0. The summed E-state index contributed by atoms with van der Waals surface area (Å²) < 4.78 is 23.5. The number of anilines is 1. The Balaban J connectivity index is 2.83. The summed E-state index contributed by atoms with van der Waals surface area (Å²) in [6, 6.07) is 6.02. The van der Waals surface area contributed by atoms with Crippen molar-refractivity contribution in [2.75, 3.05) is 16.9 Å². The molecule has 94 valence electrons. The number of benzene rings is 1. The topological polar surface area (TPSA) is 63.2 Å². The van der Waals surface area contributed by atoms with E-state index in [1.165, 1.54) is 19.1 Å². The highest BCUT2D eigenvalue weighted by atomic mass is 35.5. The molecule has 0 aliphatic rings. The van der Waals surface area contributed by atoms with Gasteiger partial charge >= 0.3 is 0 Å². The number of hydrogen-bond donors (Lipinski definition) is 1. The number of nitrogens with one attached hydrogen (secondary N) is 1. The zero-order valence-corrected chi connectivity index (χ0v) is 11.5. The van der Waals surface area contributed by atoms with Crippen LogP contribution >= 0.6 is 22.4 Å². The third-order valence-corrected chi connectivity index (χ3v) is 5.73. The summed E-state index contributed by atoms with van der Waals surface area (Å²) in [6.45, 7) is 1.39. The highest BCUT2D eigenvalue weighted by Gasteiger charge is 2.14. The Morgan fingerprint density at radius 1 is 1.35 bits per heavy atom. The van der Waals surface area contributed by atoms with E-state index >= 15 is 0 Å². The van der Waals surface area contributed by atoms with Crippen LogP contribution in [0, 0.1) is 0 Å². The summed E-state index contributed by atoms with van der Waals surface area (Å²) in [5, 5.41) is 2.56. The van der Waals surface area contributed by atoms with E-state index in [0.717, 1.165) is 10.8 Å². The van der Waals surface area contributed by atoms with Crippen molar-refractivity contribution >= 4 is 42.9 Å². The van der Waals surface area contributed by atoms with Crippen molar-refractivity contribution in [2.24, 2.45) is 0 Å². The van der Waals surface area contributed by atoms with Gasteiger partial charge in [-0.1, -0.05) is 0 Å². The number of hydrogen-bond acceptors (Lipinski definition) is 4. The van der Waals surface area contributed by atoms with Gasteiger partial charge in [0.2, 0.25) is 14.8 Å². The molecule has 0 saturated carbocycles. The zero-order valence-electron chi connectivity index (χ0n) is 9.14. The van der Waals surface area contributed by atoms with Crippen molar-refractivity contribution in [3.05, 3.63) is 24.3 Å². The lowest BCUT2D eigenvalue weighted by atomic mass is 10.3. The lowest BCUT2D eigenvalue weighted by Gasteiger charge is -2.05. The summed E-state index contributed by atoms with van der Waals surface area (Å²) in [7, 11) is -2.54. The van der Waals surface area contributed by atoms with Crippen LogP contribution < -0.4 is 5.32 Å². The average Bonchev–Trinajstić information content (AvgIpc) is 2.26. The Morgan fingerprint density at radius 3 is 2.41 bits per heavy atom. The van der Waals surface area contributed by atoms with Crippen molar-refractivity contribution in [1.82, 2.24) is 0 Å². The first-order chi connectivity index (χ1) is 7.95. The lowest BCUT2D eigenvalue weighted by Crippen LogP contribution is -2.05. The molecule has 0 radical (unpaired) electrons. The maximum absolute atomic E-state index is 11.7. The number of amides is 1. The normalized spacial score (nSPS) is 11.2. The van der Waals surface area contributed by atoms with Gasteiger partial charge in [-0.25, -0.2) is 8.42 Å². The van der Waals surface area contributed by atoms with Gasteiger partial charge in [0.15, 0.2) is 0 Å². The predicted molar refractivity (Wildman–Crippen MR) is 71.1 cm³/mol. The molecule has 7 heteroatoms. The van der Waals surface area contributed by atoms with Crippen LogP contribution in [0.5, 0.6) is 0 Å². The van der Waals surface area contributed by atoms with Crippen molar-refractivity contribution in [3.63, 3.8) is 0 Å². The van der Waals surface area contributed by atoms with E-state index in [-0.39, 0.29) is 16.7 Å². The molecule has 0 fully saturated rings. The summed E-state index contributed by atoms with van der Waals surface area (Å²) in [6.07, 6.45) is 0. The first kappa shape index (κ1) is 14.3. The first-order valence-corrected chi connectivity index (χ1v) is 8.31. The van der Waals surface area contributed by atoms with Crippen LogP contribution in [0.2, 0.25) is 0 Å². The average molecular weight is 294 g/mol. The SMILES string of the molecule is CC(=O)Nc1ccc(S(=O)(=O)SCCCl)cc1. The van der Waals surface area contributed by atoms with E-state index in [4.69, 9.17) is 11.6 Å². The van der Waals surface area contributed by atoms with Gasteiger partial charge in [0.05, 0.1) is 4.90 Å². The van der Waals surface area contributed by atoms with Crippen LogP contribution in [0.1, 0.15) is 6.92 Å². The smallest absolute Gasteiger partial charge is 0.230 e. The molecule has 0 unspecified atom stereocenters. The molecule has 0 saturated heterocycles. The molecule has 0 aliphatic carbocycles. The fraction of sp³-hybridized carbons (Fsp3) is 0.300. The highest BCUT2D eigenvalue weighted by molar-refractivity contribution is 8.72. The minimum Gasteiger partial charge on any atom is -0.326 e. The Kier molecular flexibility index (Phi) is 5.30. The van der Waals surface area contributed by atoms with Gasteiger partial charge in [-0.2, -0.15) is 0 Å². The number of carbonyl (C=O) groups is 1. The van der Waals surface area contributed by atoms with E-state index < -0.39 is 8.87 Å². The quantitative estimate of drug-likeness (QED) is 0.668. The van der Waals surface area contributed by atoms with Gasteiger partial charge in [0.25, 0.3) is 0 Å². The molecular formula is C10H12ClNO3S2. The van der Waals surface area contributed by atoms with E-state index in [2.05, 4.69) is 5.32 Å². The molecule has 0 heterocycles. The second kappa shape index (κ2) is 6.28. The Hall–Kier alpha value is -0.720. The van der Waals surface area contributed by atoms with E-state index in [1.54, 1.807) is 12.1 Å². The summed E-state index contributed by atoms with van der Waals surface area (Å²) in [5.41, 5.74) is 0.568. The minimum atomic E-state index is -3.35. The lowest BCUT2D eigenvalue weighted by molar-refractivity contribution is -0.114. The molecule has 17 heavy (non-hydrogen) atoms. The molecule has 0 aliphatic heterocycles. The standard InChI is InChI=1S/C10H12ClNO3S2/c1-8(13)12-9-2-4-10(5-3-9)17(14,15)16-7-6-11/h2-5H,6-7H2,1H3,(H,12,13). The van der Waals surface area contributed by atoms with Crippen molar-refractivity contribution in [2.45, 2.75) is 11.8 Å². The van der Waals surface area contributed by atoms with E-state index in [0.29, 0.717) is 11.4 Å². The molecule has 1 rings (SSSR count). The van der Waals surface area contributed by atoms with Crippen LogP contribution in [0.15, 0.2) is 29.2 Å². The molecule has 4 nitrogen and oxygen atoms in total. The van der Waals surface area contributed by atoms with Gasteiger partial charge in [-0.05, 0) is 35.1 Å². The molecule has 1 N–H and O–H groups in total. The zero-order chi connectivity index (χ0) is 12.9. The van der Waals surface area contributed by atoms with Crippen LogP contribution in [-0.2, 0) is 13.7 Å². The first-order valence-electron chi connectivity index (χ1n) is 4.79. The van der Waals surface area contributed by atoms with Gasteiger partial charge in [0.1, 0.15) is 0 Å². The third-order valence-electron chi connectivity index (χ3n) is 1.78. The molecule has 1 aromatic rings. The maximum atomic E-state index is 11.7. The Morgan fingerprint density at radius 2 is 1.94 bits per heavy atom. The van der Waals surface area contributed by atoms with Gasteiger partial charge in [-0.15, -0.1) is 11.6 Å². The number of carbonyl (C=O) groups excluding carboxylic acids is 1. The number of halogens is 1. The minimum absolute atomic E-state index is 0.197. The Labute approximate surface area is 109 Å². The van der Waals surface area contributed by atoms with Crippen LogP contribution in [0.3, 0.4) is 0 Å². The monoisotopic (exact) mass is 293 g/mol. The predicted octanol–water partition coefficient (Wildman–Crippen LogP) is 2.31. The van der Waals surface area contributed by atoms with Gasteiger partial charge in [0, 0.05) is 24.2 Å². The second-order valence-corrected chi connectivity index (χ2v) is 7.60. The van der Waals surface area contributed by atoms with Crippen LogP contribution in [0.25, 0.3) is 0 Å². The number of rotatable bonds is 5. The largest absolute Gasteiger partial charge is 0.326 e. The molecule has 0 spiro atoms. The van der Waals surface area contributed by atoms with Gasteiger partial charge < -0.3 is 5.32 Å². The molecular weight excluding hydrogens is 282 g/mol. The van der Waals surface area contributed by atoms with E-state index in [9.17, 15) is 13.2 Å². The fourth-order valence-electron chi connectivity index (χ4n) is 1.12. The summed E-state index contributed by atoms with van der Waals surface area (Å²) >= 11 is 5.44. The number of alkyl halides is 1. The molecule has 0 bridgehead atoms. The Bertz CT molecular complexity index is 485. The third kappa shape index (κ3) is 4.57. The highest BCUT2D eigenvalue weighted by Crippen LogP contribution is 2.24. The van der Waals surface area contributed by atoms with Crippen molar-refractivity contribution < 1.29 is 13.2 Å². The molecule has 1 amide bonds. The van der Waals surface area contributed by atoms with Gasteiger partial charge in [-0.3, -0.25) is 4.79 Å². The fourth-order valence-corrected chi connectivity index (χ4v) is 4.16. The van der Waals surface area contributed by atoms with Crippen LogP contribution in [0.4, 0.5) is 5.69 Å². The second-order valence-electron chi connectivity index (χ2n) is 3.17. The van der Waals surface area contributed by atoms with Crippen molar-refractivity contribution in [3.8, 4) is 0 Å². The van der Waals surface area contributed by atoms with Crippen LogP contribution in [-0.4, -0.2) is 26.0 Å². The van der Waals surface area contributed by atoms with E-state index in [1.807, 2.05) is 0 Å². The molecule has 0 atom stereocenters. The van der Waals surface area contributed by atoms with Crippen molar-refractivity contribution in [1.29, 1.82) is 0 Å². The maximum Gasteiger partial charge on any atom is 0.230 e. The molecule has 1 aromatic carbocycles. The molecule has 0 aromatic heterocycles. The summed E-state index contributed by atoms with van der Waals surface area (Å²) in [5.74, 6) is 0.433.